The Kier molecular flexibility index (Phi) is 18.5. The van der Waals surface area contributed by atoms with Gasteiger partial charge in [-0.05, 0) is 31.2 Å². The van der Waals surface area contributed by atoms with Crippen LogP contribution in [0.3, 0.4) is 0 Å². The normalized spacial score (nSPS) is 11.1. The second-order valence-electron chi connectivity index (χ2n) is 6.85. The van der Waals surface area contributed by atoms with Crippen LogP contribution in [0, 0.1) is 0 Å². The minimum atomic E-state index is -1.13. The first kappa shape index (κ1) is 28.5. The quantitative estimate of drug-likeness (QED) is 0.202. The number of hydrogen-bond donors (Lipinski definition) is 0. The highest BCUT2D eigenvalue weighted by molar-refractivity contribution is 5.85. The predicted molar refractivity (Wildman–Crippen MR) is 114 cm³/mol. The molecule has 0 atom stereocenters. The van der Waals surface area contributed by atoms with E-state index in [2.05, 4.69) is 27.7 Å². The number of carbonyl (C=O) groups excluding carboxylic acids is 1. The van der Waals surface area contributed by atoms with Gasteiger partial charge in [0.1, 0.15) is 26.4 Å². The van der Waals surface area contributed by atoms with Crippen LogP contribution in [0.25, 0.3) is 0 Å². The third kappa shape index (κ3) is 14.5. The average Bonchev–Trinajstić information content (AvgIpc) is 2.75. The molecule has 0 radical (unpaired) electrons. The molecule has 0 saturated heterocycles. The fraction of sp³-hybridized carbons (Fsp3) is 0.696. The molecule has 7 nitrogen and oxygen atoms in total. The molecule has 0 aliphatic heterocycles. The van der Waals surface area contributed by atoms with Gasteiger partial charge < -0.3 is 9.90 Å². The number of benzene rings is 1. The van der Waals surface area contributed by atoms with Crippen molar-refractivity contribution in [2.24, 2.45) is 0 Å². The van der Waals surface area contributed by atoms with Crippen LogP contribution < -0.4 is 5.11 Å². The highest BCUT2D eigenvalue weighted by Gasteiger charge is 2.38. The van der Waals surface area contributed by atoms with Crippen molar-refractivity contribution in [3.8, 4) is 0 Å². The number of quaternary nitrogens is 1. The molecule has 0 heterocycles. The van der Waals surface area contributed by atoms with Gasteiger partial charge in [-0.25, -0.2) is 0 Å². The van der Waals surface area contributed by atoms with Gasteiger partial charge in [-0.3, -0.25) is 0 Å². The summed E-state index contributed by atoms with van der Waals surface area (Å²) in [5.74, 6) is -1.13. The highest BCUT2D eigenvalue weighted by Crippen LogP contribution is 2.17. The second-order valence-corrected chi connectivity index (χ2v) is 6.85. The molecule has 1 aromatic carbocycles. The topological polar surface area (TPSA) is 77.0 Å². The summed E-state index contributed by atoms with van der Waals surface area (Å²) in [5.41, 5.74) is 0.220. The lowest BCUT2D eigenvalue weighted by atomic mass is 10.2. The zero-order valence-corrected chi connectivity index (χ0v) is 19.3. The minimum Gasteiger partial charge on any atom is -0.545 e. The van der Waals surface area contributed by atoms with Crippen molar-refractivity contribution in [2.75, 3.05) is 26.4 Å². The number of carboxylic acids is 1. The summed E-state index contributed by atoms with van der Waals surface area (Å²) in [6, 6.07) is 8.06. The third-order valence-corrected chi connectivity index (χ3v) is 4.00. The fourth-order valence-corrected chi connectivity index (χ4v) is 2.08. The minimum absolute atomic E-state index is 0.220. The zero-order valence-electron chi connectivity index (χ0n) is 19.3. The van der Waals surface area contributed by atoms with E-state index < -0.39 is 11.1 Å². The molecule has 1 aromatic rings. The van der Waals surface area contributed by atoms with Gasteiger partial charge in [0.05, 0.1) is 5.97 Å². The van der Waals surface area contributed by atoms with Gasteiger partial charge in [-0.2, -0.15) is 0 Å². The molecule has 0 aliphatic carbocycles. The number of rotatable bonds is 17. The van der Waals surface area contributed by atoms with Crippen LogP contribution >= 0.6 is 0 Å². The van der Waals surface area contributed by atoms with Gasteiger partial charge in [0.25, 0.3) is 0 Å². The molecule has 7 heteroatoms. The van der Waals surface area contributed by atoms with Crippen LogP contribution in [0.1, 0.15) is 89.4 Å². The van der Waals surface area contributed by atoms with Crippen molar-refractivity contribution in [2.45, 2.75) is 79.1 Å². The summed E-state index contributed by atoms with van der Waals surface area (Å²) >= 11 is 0. The molecule has 0 amide bonds. The van der Waals surface area contributed by atoms with Gasteiger partial charge in [0.2, 0.25) is 5.14 Å². The van der Waals surface area contributed by atoms with Gasteiger partial charge in [-0.1, -0.05) is 103 Å². The lowest BCUT2D eigenvalue weighted by Gasteiger charge is -2.26. The van der Waals surface area contributed by atoms with E-state index in [1.165, 1.54) is 12.1 Å². The molecule has 0 saturated carbocycles. The molecule has 174 valence electrons. The van der Waals surface area contributed by atoms with E-state index >= 15 is 0 Å². The summed E-state index contributed by atoms with van der Waals surface area (Å²) in [6.45, 7) is 10.8. The molecule has 0 fully saturated rings. The smallest absolute Gasteiger partial charge is 0.247 e. The summed E-state index contributed by atoms with van der Waals surface area (Å²) in [6.07, 6.45) is 8.13. The maximum Gasteiger partial charge on any atom is 0.247 e. The van der Waals surface area contributed by atoms with Crippen LogP contribution in [0.5, 0.6) is 0 Å². The summed E-state index contributed by atoms with van der Waals surface area (Å²) in [4.78, 5) is 33.2. The first-order valence-electron chi connectivity index (χ1n) is 11.3. The number of nitrogens with zero attached hydrogens (tertiary/aromatic N) is 1. The molecule has 0 aliphatic rings. The lowest BCUT2D eigenvalue weighted by Crippen LogP contribution is -2.48. The SMILES string of the molecule is CCCCO[N+](OCCCC)(OCCCC)OCCCC.O=C([O-])c1ccccc1. The molecule has 30 heavy (non-hydrogen) atoms. The first-order chi connectivity index (χ1) is 14.5. The Bertz CT molecular complexity index is 466. The van der Waals surface area contributed by atoms with Crippen LogP contribution in [0.4, 0.5) is 0 Å². The average molecular weight is 428 g/mol. The van der Waals surface area contributed by atoms with E-state index in [0.717, 1.165) is 51.4 Å². The zero-order chi connectivity index (χ0) is 22.5. The molecule has 0 N–H and O–H groups in total. The molecule has 1 rings (SSSR count). The number of carboxylic acid groups (broad SMARTS) is 1. The van der Waals surface area contributed by atoms with Crippen molar-refractivity contribution < 1.29 is 34.4 Å². The Morgan fingerprint density at radius 2 is 1.03 bits per heavy atom. The van der Waals surface area contributed by atoms with Crippen LogP contribution in [-0.2, 0) is 19.4 Å². The van der Waals surface area contributed by atoms with E-state index in [1.54, 1.807) is 18.2 Å². The lowest BCUT2D eigenvalue weighted by molar-refractivity contribution is -1.47. The molecule has 0 aromatic heterocycles. The molecular formula is C23H41NO6. The Morgan fingerprint density at radius 3 is 1.27 bits per heavy atom. The summed E-state index contributed by atoms with van der Waals surface area (Å²) in [7, 11) is 0. The molecular weight excluding hydrogens is 386 g/mol. The van der Waals surface area contributed by atoms with Crippen molar-refractivity contribution in [1.82, 2.24) is 0 Å². The number of carbonyl (C=O) groups is 1. The van der Waals surface area contributed by atoms with Crippen molar-refractivity contribution in [3.63, 3.8) is 0 Å². The van der Waals surface area contributed by atoms with Crippen molar-refractivity contribution >= 4 is 5.97 Å². The predicted octanol–water partition coefficient (Wildman–Crippen LogP) is 4.78. The van der Waals surface area contributed by atoms with Gasteiger partial charge in [0.15, 0.2) is 0 Å². The molecule has 0 spiro atoms. The Morgan fingerprint density at radius 1 is 0.700 bits per heavy atom. The van der Waals surface area contributed by atoms with Crippen LogP contribution in [-0.4, -0.2) is 37.5 Å². The van der Waals surface area contributed by atoms with Gasteiger partial charge in [0, 0.05) is 0 Å². The summed E-state index contributed by atoms with van der Waals surface area (Å²) < 4.78 is 0. The monoisotopic (exact) mass is 427 g/mol. The van der Waals surface area contributed by atoms with Crippen LogP contribution in [0.15, 0.2) is 30.3 Å². The van der Waals surface area contributed by atoms with Gasteiger partial charge >= 0.3 is 0 Å². The Hall–Kier alpha value is -1.51. The molecule has 0 unspecified atom stereocenters. The Labute approximate surface area is 182 Å². The van der Waals surface area contributed by atoms with Crippen LogP contribution in [0.2, 0.25) is 0 Å². The second kappa shape index (κ2) is 19.5. The van der Waals surface area contributed by atoms with E-state index in [4.69, 9.17) is 19.4 Å². The summed E-state index contributed by atoms with van der Waals surface area (Å²) in [5, 5.41) is 9.53. The van der Waals surface area contributed by atoms with E-state index in [9.17, 15) is 9.90 Å². The maximum atomic E-state index is 10.1. The van der Waals surface area contributed by atoms with Gasteiger partial charge in [-0.15, -0.1) is 0 Å². The maximum absolute atomic E-state index is 10.1. The largest absolute Gasteiger partial charge is 0.545 e. The number of unbranched alkanes of at least 4 members (excludes halogenated alkanes) is 4. The highest BCUT2D eigenvalue weighted by atomic mass is 17.4. The van der Waals surface area contributed by atoms with E-state index in [-0.39, 0.29) is 5.56 Å². The standard InChI is InChI=1S/C16H36NO4.C7H6O2/c1-5-9-13-18-17(19-14-10-6-2,20-15-11-7-3)21-16-12-8-4;8-7(9)6-4-2-1-3-5-6/h5-16H2,1-4H3;1-5H,(H,8,9)/q+1;/p-1. The van der Waals surface area contributed by atoms with Crippen molar-refractivity contribution in [1.29, 1.82) is 0 Å². The van der Waals surface area contributed by atoms with Crippen molar-refractivity contribution in [3.05, 3.63) is 35.9 Å². The molecule has 0 bridgehead atoms. The van der Waals surface area contributed by atoms with E-state index in [0.29, 0.717) is 26.4 Å². The Balaban J connectivity index is 0.000000769. The number of aromatic carboxylic acids is 1. The first-order valence-corrected chi connectivity index (χ1v) is 11.3. The number of hydrogen-bond acceptors (Lipinski definition) is 6. The third-order valence-electron chi connectivity index (χ3n) is 4.00. The van der Waals surface area contributed by atoms with E-state index in [1.807, 2.05) is 0 Å². The fourth-order valence-electron chi connectivity index (χ4n) is 2.08.